The summed E-state index contributed by atoms with van der Waals surface area (Å²) in [7, 11) is 0. The summed E-state index contributed by atoms with van der Waals surface area (Å²) in [6.07, 6.45) is 1.93. The summed E-state index contributed by atoms with van der Waals surface area (Å²) < 4.78 is 0. The van der Waals surface area contributed by atoms with E-state index in [4.69, 9.17) is 0 Å². The third-order valence-electron chi connectivity index (χ3n) is 1.86. The molecule has 0 bridgehead atoms. The maximum Gasteiger partial charge on any atom is 0.135 e. The van der Waals surface area contributed by atoms with Crippen molar-refractivity contribution in [1.29, 1.82) is 0 Å². The van der Waals surface area contributed by atoms with Crippen LogP contribution in [0.3, 0.4) is 0 Å². The lowest BCUT2D eigenvalue weighted by Gasteiger charge is -1.94. The summed E-state index contributed by atoms with van der Waals surface area (Å²) in [5, 5.41) is 0. The molecule has 1 rings (SSSR count). The Hall–Kier alpha value is -0.330. The molecule has 0 aromatic carbocycles. The summed E-state index contributed by atoms with van der Waals surface area (Å²) in [5.41, 5.74) is 0. The van der Waals surface area contributed by atoms with Gasteiger partial charge in [0.05, 0.1) is 0 Å². The van der Waals surface area contributed by atoms with Gasteiger partial charge in [0.1, 0.15) is 5.78 Å². The first-order valence-electron chi connectivity index (χ1n) is 3.23. The summed E-state index contributed by atoms with van der Waals surface area (Å²) in [6.45, 7) is 4.16. The molecule has 0 amide bonds. The Morgan fingerprint density at radius 2 is 2.12 bits per heavy atom. The molecule has 0 N–H and O–H groups in total. The fourth-order valence-corrected chi connectivity index (χ4v) is 1.36. The van der Waals surface area contributed by atoms with Crippen LogP contribution in [0.2, 0.25) is 0 Å². The van der Waals surface area contributed by atoms with E-state index in [2.05, 4.69) is 6.92 Å². The van der Waals surface area contributed by atoms with Crippen molar-refractivity contribution in [3.8, 4) is 0 Å². The Balaban J connectivity index is 2.51. The van der Waals surface area contributed by atoms with Gasteiger partial charge in [0.2, 0.25) is 0 Å². The number of Topliss-reactive ketones (excluding diaryl/α,β-unsaturated/α-hetero) is 1. The Bertz CT molecular complexity index is 107. The number of rotatable bonds is 0. The zero-order chi connectivity index (χ0) is 6.15. The summed E-state index contributed by atoms with van der Waals surface area (Å²) in [6, 6.07) is 0. The summed E-state index contributed by atoms with van der Waals surface area (Å²) >= 11 is 0. The third kappa shape index (κ3) is 0.908. The molecule has 0 aromatic heterocycles. The van der Waals surface area contributed by atoms with E-state index in [1.54, 1.807) is 0 Å². The smallest absolute Gasteiger partial charge is 0.135 e. The van der Waals surface area contributed by atoms with E-state index in [9.17, 15) is 4.79 Å². The molecule has 0 aliphatic heterocycles. The van der Waals surface area contributed by atoms with Crippen molar-refractivity contribution in [2.24, 2.45) is 11.8 Å². The van der Waals surface area contributed by atoms with Crippen LogP contribution in [0.5, 0.6) is 0 Å². The van der Waals surface area contributed by atoms with Gasteiger partial charge in [0.25, 0.3) is 0 Å². The van der Waals surface area contributed by atoms with Gasteiger partial charge in [-0.15, -0.1) is 0 Å². The molecule has 0 spiro atoms. The van der Waals surface area contributed by atoms with E-state index in [0.717, 1.165) is 12.8 Å². The minimum Gasteiger partial charge on any atom is -0.299 e. The molecule has 2 atom stereocenters. The monoisotopic (exact) mass is 112 g/mol. The average Bonchev–Trinajstić information content (AvgIpc) is 1.85. The summed E-state index contributed by atoms with van der Waals surface area (Å²) in [4.78, 5) is 10.8. The molecule has 1 nitrogen and oxygen atoms in total. The van der Waals surface area contributed by atoms with Crippen molar-refractivity contribution in [2.45, 2.75) is 26.7 Å². The van der Waals surface area contributed by atoms with E-state index >= 15 is 0 Å². The Morgan fingerprint density at radius 1 is 1.50 bits per heavy atom. The molecule has 0 radical (unpaired) electrons. The zero-order valence-corrected chi connectivity index (χ0v) is 5.48. The van der Waals surface area contributed by atoms with Crippen molar-refractivity contribution in [3.63, 3.8) is 0 Å². The third-order valence-corrected chi connectivity index (χ3v) is 1.86. The van der Waals surface area contributed by atoms with E-state index in [0.29, 0.717) is 17.6 Å². The fraction of sp³-hybridized carbons (Fsp3) is 0.857. The van der Waals surface area contributed by atoms with Crippen LogP contribution in [0.1, 0.15) is 26.7 Å². The van der Waals surface area contributed by atoms with Crippen LogP contribution < -0.4 is 0 Å². The van der Waals surface area contributed by atoms with Crippen molar-refractivity contribution in [2.75, 3.05) is 0 Å². The van der Waals surface area contributed by atoms with Gasteiger partial charge in [-0.2, -0.15) is 0 Å². The van der Waals surface area contributed by atoms with Gasteiger partial charge in [-0.1, -0.05) is 13.8 Å². The highest BCUT2D eigenvalue weighted by Crippen LogP contribution is 2.25. The van der Waals surface area contributed by atoms with Gasteiger partial charge >= 0.3 is 0 Å². The average molecular weight is 112 g/mol. The highest BCUT2D eigenvalue weighted by molar-refractivity contribution is 5.82. The molecule has 0 heterocycles. The molecule has 1 saturated carbocycles. The maximum atomic E-state index is 10.8. The zero-order valence-electron chi connectivity index (χ0n) is 5.48. The topological polar surface area (TPSA) is 17.1 Å². The van der Waals surface area contributed by atoms with Crippen LogP contribution in [-0.4, -0.2) is 5.78 Å². The maximum absolute atomic E-state index is 10.8. The van der Waals surface area contributed by atoms with Crippen molar-refractivity contribution < 1.29 is 4.79 Å². The molecule has 0 unspecified atom stereocenters. The molecular weight excluding hydrogens is 100 g/mol. The van der Waals surface area contributed by atoms with Crippen molar-refractivity contribution in [3.05, 3.63) is 0 Å². The van der Waals surface area contributed by atoms with Crippen LogP contribution in [0.4, 0.5) is 0 Å². The Morgan fingerprint density at radius 3 is 2.25 bits per heavy atom. The van der Waals surface area contributed by atoms with Gasteiger partial charge in [-0.05, 0) is 12.3 Å². The molecule has 1 fully saturated rings. The first-order chi connectivity index (χ1) is 3.70. The second-order valence-electron chi connectivity index (χ2n) is 2.91. The van der Waals surface area contributed by atoms with Gasteiger partial charge in [-0.25, -0.2) is 0 Å². The number of carbonyl (C=O) groups is 1. The number of hydrogen-bond acceptors (Lipinski definition) is 1. The normalized spacial score (nSPS) is 38.5. The second kappa shape index (κ2) is 1.88. The van der Waals surface area contributed by atoms with Gasteiger partial charge < -0.3 is 0 Å². The van der Waals surface area contributed by atoms with E-state index < -0.39 is 0 Å². The van der Waals surface area contributed by atoms with Gasteiger partial charge in [0.15, 0.2) is 0 Å². The highest BCUT2D eigenvalue weighted by Gasteiger charge is 2.25. The lowest BCUT2D eigenvalue weighted by Crippen LogP contribution is -1.98. The largest absolute Gasteiger partial charge is 0.299 e. The first kappa shape index (κ1) is 5.80. The lowest BCUT2D eigenvalue weighted by molar-refractivity contribution is -0.120. The summed E-state index contributed by atoms with van der Waals surface area (Å²) in [5.74, 6) is 1.46. The lowest BCUT2D eigenvalue weighted by atomic mass is 10.1. The molecule has 8 heavy (non-hydrogen) atoms. The van der Waals surface area contributed by atoms with E-state index in [-0.39, 0.29) is 0 Å². The first-order valence-corrected chi connectivity index (χ1v) is 3.23. The molecule has 1 aliphatic carbocycles. The van der Waals surface area contributed by atoms with Crippen LogP contribution in [0.25, 0.3) is 0 Å². The van der Waals surface area contributed by atoms with Crippen LogP contribution in [0, 0.1) is 11.8 Å². The molecule has 1 heteroatoms. The quantitative estimate of drug-likeness (QED) is 0.465. The fourth-order valence-electron chi connectivity index (χ4n) is 1.36. The van der Waals surface area contributed by atoms with Gasteiger partial charge in [0, 0.05) is 12.3 Å². The van der Waals surface area contributed by atoms with E-state index in [1.807, 2.05) is 6.92 Å². The molecular formula is C7H12O. The molecule has 46 valence electrons. The second-order valence-corrected chi connectivity index (χ2v) is 2.91. The standard InChI is InChI=1S/C7H12O/c1-5-3-6(2)7(8)4-5/h5-6H,3-4H2,1-2H3/t5-,6+/m0/s1. The van der Waals surface area contributed by atoms with E-state index in [1.165, 1.54) is 0 Å². The molecule has 0 saturated heterocycles. The number of ketones is 1. The van der Waals surface area contributed by atoms with Crippen molar-refractivity contribution in [1.82, 2.24) is 0 Å². The molecule has 0 aromatic rings. The minimum absolute atomic E-state index is 0.352. The number of carbonyl (C=O) groups excluding carboxylic acids is 1. The Kier molecular flexibility index (Phi) is 1.37. The predicted molar refractivity (Wildman–Crippen MR) is 32.6 cm³/mol. The minimum atomic E-state index is 0.352. The SMILES string of the molecule is C[C@@H]1CC(=O)[C@H](C)C1. The van der Waals surface area contributed by atoms with Crippen LogP contribution in [-0.2, 0) is 4.79 Å². The molecule has 1 aliphatic rings. The van der Waals surface area contributed by atoms with Crippen LogP contribution in [0.15, 0.2) is 0 Å². The number of hydrogen-bond donors (Lipinski definition) is 0. The predicted octanol–water partition coefficient (Wildman–Crippen LogP) is 1.62. The Labute approximate surface area is 50.1 Å². The van der Waals surface area contributed by atoms with Crippen LogP contribution >= 0.6 is 0 Å². The highest BCUT2D eigenvalue weighted by atomic mass is 16.1. The van der Waals surface area contributed by atoms with Crippen molar-refractivity contribution >= 4 is 5.78 Å². The van der Waals surface area contributed by atoms with Gasteiger partial charge in [-0.3, -0.25) is 4.79 Å².